The zero-order chi connectivity index (χ0) is 10.7. The highest BCUT2D eigenvalue weighted by molar-refractivity contribution is 6.36. The van der Waals surface area contributed by atoms with Crippen LogP contribution in [0.2, 0.25) is 10.0 Å². The van der Waals surface area contributed by atoms with Crippen LogP contribution in [0.15, 0.2) is 12.1 Å². The van der Waals surface area contributed by atoms with Crippen molar-refractivity contribution in [1.29, 1.82) is 0 Å². The van der Waals surface area contributed by atoms with Gasteiger partial charge in [-0.15, -0.1) is 0 Å². The van der Waals surface area contributed by atoms with Gasteiger partial charge in [-0.1, -0.05) is 37.0 Å². The van der Waals surface area contributed by atoms with Gasteiger partial charge in [0.1, 0.15) is 0 Å². The van der Waals surface area contributed by atoms with Gasteiger partial charge in [0.15, 0.2) is 5.78 Å². The number of hydrogen-bond acceptors (Lipinski definition) is 1. The number of Topliss-reactive ketones (excluding diaryl/α,β-unsaturated/α-hetero) is 1. The summed E-state index contributed by atoms with van der Waals surface area (Å²) in [5.74, 6) is 0.0503. The van der Waals surface area contributed by atoms with Crippen molar-refractivity contribution in [3.8, 4) is 0 Å². The third kappa shape index (κ3) is 2.10. The van der Waals surface area contributed by atoms with E-state index in [9.17, 15) is 4.79 Å². The first-order chi connectivity index (χ1) is 6.61. The molecule has 0 bridgehead atoms. The first-order valence-electron chi connectivity index (χ1n) is 4.61. The molecule has 0 aromatic heterocycles. The van der Waals surface area contributed by atoms with E-state index in [0.717, 1.165) is 12.0 Å². The predicted octanol–water partition coefficient (Wildman–Crippen LogP) is 4.15. The fourth-order valence-corrected chi connectivity index (χ4v) is 1.99. The minimum Gasteiger partial charge on any atom is -0.294 e. The Bertz CT molecular complexity index is 359. The summed E-state index contributed by atoms with van der Waals surface area (Å²) in [6, 6.07) is 3.40. The second-order valence-corrected chi connectivity index (χ2v) is 3.83. The normalized spacial score (nSPS) is 10.3. The van der Waals surface area contributed by atoms with Crippen LogP contribution in [0.1, 0.15) is 36.2 Å². The van der Waals surface area contributed by atoms with Crippen LogP contribution in [0.4, 0.5) is 0 Å². The van der Waals surface area contributed by atoms with Crippen LogP contribution in [-0.2, 0) is 6.42 Å². The van der Waals surface area contributed by atoms with Gasteiger partial charge in [0.05, 0.1) is 5.02 Å². The van der Waals surface area contributed by atoms with Gasteiger partial charge in [0, 0.05) is 17.0 Å². The number of carbonyl (C=O) groups excluding carboxylic acids is 1. The van der Waals surface area contributed by atoms with E-state index in [0.29, 0.717) is 22.0 Å². The lowest BCUT2D eigenvalue weighted by Crippen LogP contribution is -2.03. The van der Waals surface area contributed by atoms with Gasteiger partial charge in [0.2, 0.25) is 0 Å². The zero-order valence-corrected chi connectivity index (χ0v) is 9.74. The third-order valence-corrected chi connectivity index (χ3v) is 2.83. The van der Waals surface area contributed by atoms with E-state index in [1.807, 2.05) is 13.8 Å². The summed E-state index contributed by atoms with van der Waals surface area (Å²) in [5.41, 5.74) is 1.44. The number of carbonyl (C=O) groups is 1. The summed E-state index contributed by atoms with van der Waals surface area (Å²) >= 11 is 12.0. The summed E-state index contributed by atoms with van der Waals surface area (Å²) in [5, 5.41) is 1.12. The Kier molecular flexibility index (Phi) is 3.97. The van der Waals surface area contributed by atoms with Gasteiger partial charge in [-0.2, -0.15) is 0 Å². The van der Waals surface area contributed by atoms with Crippen molar-refractivity contribution >= 4 is 29.0 Å². The van der Waals surface area contributed by atoms with E-state index in [4.69, 9.17) is 23.2 Å². The van der Waals surface area contributed by atoms with Gasteiger partial charge in [0.25, 0.3) is 0 Å². The monoisotopic (exact) mass is 230 g/mol. The molecule has 0 spiro atoms. The van der Waals surface area contributed by atoms with Crippen LogP contribution in [0.3, 0.4) is 0 Å². The van der Waals surface area contributed by atoms with E-state index in [1.165, 1.54) is 0 Å². The van der Waals surface area contributed by atoms with Crippen molar-refractivity contribution in [2.45, 2.75) is 26.7 Å². The molecule has 0 atom stereocenters. The molecule has 0 aliphatic carbocycles. The summed E-state index contributed by atoms with van der Waals surface area (Å²) in [7, 11) is 0. The molecule has 14 heavy (non-hydrogen) atoms. The highest BCUT2D eigenvalue weighted by atomic mass is 35.5. The lowest BCUT2D eigenvalue weighted by Gasteiger charge is -2.09. The van der Waals surface area contributed by atoms with E-state index >= 15 is 0 Å². The van der Waals surface area contributed by atoms with Crippen LogP contribution in [0, 0.1) is 0 Å². The molecule has 1 aromatic carbocycles. The molecular weight excluding hydrogens is 219 g/mol. The fourth-order valence-electron chi connectivity index (χ4n) is 1.42. The number of benzene rings is 1. The number of halogens is 2. The van der Waals surface area contributed by atoms with Crippen LogP contribution in [0.5, 0.6) is 0 Å². The van der Waals surface area contributed by atoms with Gasteiger partial charge in [-0.3, -0.25) is 4.79 Å². The van der Waals surface area contributed by atoms with E-state index in [-0.39, 0.29) is 5.78 Å². The quantitative estimate of drug-likeness (QED) is 0.714. The van der Waals surface area contributed by atoms with Gasteiger partial charge < -0.3 is 0 Å². The van der Waals surface area contributed by atoms with Crippen LogP contribution in [0.25, 0.3) is 0 Å². The van der Waals surface area contributed by atoms with E-state index in [1.54, 1.807) is 12.1 Å². The van der Waals surface area contributed by atoms with Crippen LogP contribution >= 0.6 is 23.2 Å². The molecule has 1 rings (SSSR count). The van der Waals surface area contributed by atoms with Crippen LogP contribution < -0.4 is 0 Å². The number of ketones is 1. The molecule has 1 nitrogen and oxygen atoms in total. The predicted molar refractivity (Wildman–Crippen MR) is 60.5 cm³/mol. The molecule has 0 amide bonds. The van der Waals surface area contributed by atoms with Crippen molar-refractivity contribution < 1.29 is 4.79 Å². The Balaban J connectivity index is 3.37. The maximum Gasteiger partial charge on any atom is 0.164 e. The number of rotatable bonds is 3. The lowest BCUT2D eigenvalue weighted by atomic mass is 10.00. The minimum absolute atomic E-state index is 0.0503. The molecule has 0 saturated carbocycles. The molecule has 0 fully saturated rings. The molecule has 0 N–H and O–H groups in total. The highest BCUT2D eigenvalue weighted by Crippen LogP contribution is 2.28. The Morgan fingerprint density at radius 3 is 2.29 bits per heavy atom. The molecule has 0 saturated heterocycles. The molecule has 0 radical (unpaired) electrons. The SMILES string of the molecule is CCC(=O)c1c(Cl)ccc(Cl)c1CC. The summed E-state index contributed by atoms with van der Waals surface area (Å²) in [4.78, 5) is 11.6. The second-order valence-electron chi connectivity index (χ2n) is 3.01. The third-order valence-electron chi connectivity index (χ3n) is 2.16. The Labute approximate surface area is 94.0 Å². The Morgan fingerprint density at radius 1 is 1.21 bits per heavy atom. The van der Waals surface area contributed by atoms with Gasteiger partial charge in [-0.25, -0.2) is 0 Å². The smallest absolute Gasteiger partial charge is 0.164 e. The minimum atomic E-state index is 0.0503. The molecule has 76 valence electrons. The second kappa shape index (κ2) is 4.81. The number of hydrogen-bond donors (Lipinski definition) is 0. The molecular formula is C11H12Cl2O. The molecule has 0 heterocycles. The van der Waals surface area contributed by atoms with Crippen molar-refractivity contribution in [2.75, 3.05) is 0 Å². The molecule has 1 aromatic rings. The first kappa shape index (κ1) is 11.5. The van der Waals surface area contributed by atoms with Crippen LogP contribution in [-0.4, -0.2) is 5.78 Å². The maximum atomic E-state index is 11.6. The summed E-state index contributed by atoms with van der Waals surface area (Å²) in [6.45, 7) is 3.78. The molecule has 0 unspecified atom stereocenters. The molecule has 0 aliphatic heterocycles. The van der Waals surface area contributed by atoms with Gasteiger partial charge in [-0.05, 0) is 24.1 Å². The zero-order valence-electron chi connectivity index (χ0n) is 8.23. The van der Waals surface area contributed by atoms with Crippen molar-refractivity contribution in [1.82, 2.24) is 0 Å². The molecule has 3 heteroatoms. The topological polar surface area (TPSA) is 17.1 Å². The Hall–Kier alpha value is -0.530. The average Bonchev–Trinajstić information content (AvgIpc) is 2.19. The summed E-state index contributed by atoms with van der Waals surface area (Å²) < 4.78 is 0. The van der Waals surface area contributed by atoms with Crippen molar-refractivity contribution in [3.05, 3.63) is 33.3 Å². The van der Waals surface area contributed by atoms with Crippen molar-refractivity contribution in [3.63, 3.8) is 0 Å². The summed E-state index contributed by atoms with van der Waals surface area (Å²) in [6.07, 6.45) is 1.17. The average molecular weight is 231 g/mol. The van der Waals surface area contributed by atoms with Gasteiger partial charge >= 0.3 is 0 Å². The largest absolute Gasteiger partial charge is 0.294 e. The highest BCUT2D eigenvalue weighted by Gasteiger charge is 2.15. The fraction of sp³-hybridized carbons (Fsp3) is 0.364. The van der Waals surface area contributed by atoms with Crippen molar-refractivity contribution in [2.24, 2.45) is 0 Å². The lowest BCUT2D eigenvalue weighted by molar-refractivity contribution is 0.0987. The first-order valence-corrected chi connectivity index (χ1v) is 5.37. The standard InChI is InChI=1S/C11H12Cl2O/c1-3-7-8(12)5-6-9(13)11(7)10(14)4-2/h5-6H,3-4H2,1-2H3. The molecule has 0 aliphatic rings. The van der Waals surface area contributed by atoms with E-state index < -0.39 is 0 Å². The maximum absolute atomic E-state index is 11.6. The Morgan fingerprint density at radius 2 is 1.79 bits per heavy atom. The van der Waals surface area contributed by atoms with E-state index in [2.05, 4.69) is 0 Å².